The van der Waals surface area contributed by atoms with Crippen molar-refractivity contribution in [2.45, 2.75) is 251 Å². The number of hydrogen-bond donors (Lipinski definition) is 2. The van der Waals surface area contributed by atoms with Gasteiger partial charge < -0.3 is 19.4 Å². The lowest BCUT2D eigenvalue weighted by Gasteiger charge is -2.27. The summed E-state index contributed by atoms with van der Waals surface area (Å²) in [5.74, 6) is -0.601. The second-order valence-corrected chi connectivity index (χ2v) is 23.3. The number of ether oxygens (including phenoxy) is 1. The number of esters is 1. The molecule has 0 spiro atoms. The van der Waals surface area contributed by atoms with Crippen LogP contribution < -0.4 is 5.32 Å². The Morgan fingerprint density at radius 3 is 1.25 bits per heavy atom. The summed E-state index contributed by atoms with van der Waals surface area (Å²) in [7, 11) is 1.43. The van der Waals surface area contributed by atoms with Gasteiger partial charge in [0.25, 0.3) is 0 Å². The van der Waals surface area contributed by atoms with Crippen molar-refractivity contribution in [3.8, 4) is 0 Å². The van der Waals surface area contributed by atoms with E-state index in [0.717, 1.165) is 109 Å². The van der Waals surface area contributed by atoms with Gasteiger partial charge in [-0.1, -0.05) is 232 Å². The van der Waals surface area contributed by atoms with E-state index >= 15 is 0 Å². The average Bonchev–Trinajstić information content (AvgIpc) is 3.41. The van der Waals surface area contributed by atoms with E-state index in [1.54, 1.807) is 0 Å². The van der Waals surface area contributed by atoms with Crippen LogP contribution in [0, 0.1) is 0 Å². The zero-order valence-electron chi connectivity index (χ0n) is 51.3. The van der Waals surface area contributed by atoms with Gasteiger partial charge in [0.2, 0.25) is 5.91 Å². The Morgan fingerprint density at radius 1 is 0.456 bits per heavy atom. The molecule has 79 heavy (non-hydrogen) atoms. The summed E-state index contributed by atoms with van der Waals surface area (Å²) >= 11 is 0. The summed E-state index contributed by atoms with van der Waals surface area (Å²) in [6, 6.07) is -0.893. The van der Waals surface area contributed by atoms with Gasteiger partial charge in [-0.3, -0.25) is 18.6 Å². The van der Waals surface area contributed by atoms with E-state index in [0.29, 0.717) is 23.9 Å². The maximum atomic E-state index is 13.6. The van der Waals surface area contributed by atoms with Crippen LogP contribution in [0.15, 0.2) is 134 Å². The maximum absolute atomic E-state index is 13.6. The number of unbranched alkanes of at least 4 members (excludes halogenated alkanes) is 19. The molecule has 3 unspecified atom stereocenters. The third-order valence-electron chi connectivity index (χ3n) is 13.1. The average molecular weight is 1120 g/mol. The molecule has 9 nitrogen and oxygen atoms in total. The number of hydrogen-bond acceptors (Lipinski definition) is 6. The van der Waals surface area contributed by atoms with Crippen LogP contribution in [0.3, 0.4) is 0 Å². The zero-order valence-corrected chi connectivity index (χ0v) is 52.2. The molecule has 0 aromatic heterocycles. The van der Waals surface area contributed by atoms with Gasteiger partial charge in [0.05, 0.1) is 33.8 Å². The van der Waals surface area contributed by atoms with Crippen molar-refractivity contribution in [3.05, 3.63) is 134 Å². The molecular formula is C69H118N2O7P+. The first-order valence-electron chi connectivity index (χ1n) is 31.5. The smallest absolute Gasteiger partial charge is 0.456 e. The van der Waals surface area contributed by atoms with Crippen LogP contribution in [0.25, 0.3) is 0 Å². The number of carbonyl (C=O) groups excluding carboxylic acids is 2. The second kappa shape index (κ2) is 57.4. The van der Waals surface area contributed by atoms with E-state index in [-0.39, 0.29) is 37.9 Å². The summed E-state index contributed by atoms with van der Waals surface area (Å²) in [6.45, 7) is 6.80. The molecule has 0 saturated carbocycles. The summed E-state index contributed by atoms with van der Waals surface area (Å²) in [4.78, 5) is 37.7. The highest BCUT2D eigenvalue weighted by Crippen LogP contribution is 2.43. The van der Waals surface area contributed by atoms with Gasteiger partial charge >= 0.3 is 13.8 Å². The third-order valence-corrected chi connectivity index (χ3v) is 14.1. The number of nitrogens with zero attached hydrogens (tertiary/aromatic N) is 1. The number of quaternary nitrogens is 1. The fraction of sp³-hybridized carbons (Fsp3) is 0.652. The van der Waals surface area contributed by atoms with Crippen LogP contribution in [0.2, 0.25) is 0 Å². The summed E-state index contributed by atoms with van der Waals surface area (Å²) < 4.78 is 30.7. The van der Waals surface area contributed by atoms with Crippen molar-refractivity contribution in [2.75, 3.05) is 40.9 Å². The van der Waals surface area contributed by atoms with Gasteiger partial charge in [0.1, 0.15) is 19.3 Å². The summed E-state index contributed by atoms with van der Waals surface area (Å²) in [5, 5.41) is 3.03. The fourth-order valence-electron chi connectivity index (χ4n) is 8.22. The molecule has 0 bridgehead atoms. The van der Waals surface area contributed by atoms with Crippen LogP contribution in [-0.4, -0.2) is 74.3 Å². The minimum absolute atomic E-state index is 0.0191. The summed E-state index contributed by atoms with van der Waals surface area (Å²) in [6.07, 6.45) is 81.7. The number of allylic oxidation sites excluding steroid dienone is 21. The SMILES string of the molecule is CC/C=C\C/C=C\C/C=C\C/C=C\C/C=C\C/C=C\CCCCC(=O)OC(/C=C/CCCCCCCCCCCCC)C(COP(=O)(O)OCC[N+](C)(C)C)NC(=O)CCCCC/C=C\C/C=C\C/C=C\C/C=C\CCCCC. The molecule has 450 valence electrons. The monoisotopic (exact) mass is 1120 g/mol. The van der Waals surface area contributed by atoms with Gasteiger partial charge in [0, 0.05) is 12.8 Å². The van der Waals surface area contributed by atoms with Crippen LogP contribution in [0.1, 0.15) is 239 Å². The van der Waals surface area contributed by atoms with E-state index in [1.165, 1.54) is 83.5 Å². The zero-order chi connectivity index (χ0) is 57.9. The predicted octanol–water partition coefficient (Wildman–Crippen LogP) is 19.7. The molecule has 0 rings (SSSR count). The maximum Gasteiger partial charge on any atom is 0.472 e. The molecule has 0 saturated heterocycles. The topological polar surface area (TPSA) is 111 Å². The molecule has 0 aliphatic carbocycles. The van der Waals surface area contributed by atoms with E-state index < -0.39 is 20.0 Å². The van der Waals surface area contributed by atoms with E-state index in [9.17, 15) is 19.0 Å². The first-order valence-corrected chi connectivity index (χ1v) is 33.0. The minimum Gasteiger partial charge on any atom is -0.456 e. The number of phosphoric ester groups is 1. The molecule has 2 N–H and O–H groups in total. The Labute approximate surface area is 485 Å². The third kappa shape index (κ3) is 58.6. The molecule has 1 amide bonds. The molecular weight excluding hydrogens is 1000 g/mol. The molecule has 3 atom stereocenters. The normalized spacial score (nSPS) is 14.6. The number of amides is 1. The fourth-order valence-corrected chi connectivity index (χ4v) is 8.95. The predicted molar refractivity (Wildman–Crippen MR) is 341 cm³/mol. The Bertz CT molecular complexity index is 1810. The van der Waals surface area contributed by atoms with Crippen molar-refractivity contribution in [3.63, 3.8) is 0 Å². The molecule has 0 aromatic rings. The van der Waals surface area contributed by atoms with Gasteiger partial charge in [-0.2, -0.15) is 0 Å². The van der Waals surface area contributed by atoms with Crippen LogP contribution in [0.4, 0.5) is 0 Å². The number of likely N-dealkylation sites (N-methyl/N-ethyl adjacent to an activating group) is 1. The van der Waals surface area contributed by atoms with Crippen molar-refractivity contribution in [1.82, 2.24) is 5.32 Å². The standard InChI is InChI=1S/C69H117N2O7P/c1-7-10-13-16-19-22-25-28-30-32-34-35-37-39-41-44-47-50-53-56-59-62-69(73)78-67(60-57-54-51-48-45-42-27-24-21-18-15-12-9-3)66(65-77-79(74,75)76-64-63-71(4,5)6)70-68(72)61-58-55-52-49-46-43-40-38-36-33-31-29-26-23-20-17-14-11-8-2/h10,13,19-20,22-23,28-31,34-36,38-39,41,43,46-47,50,57,60,66-67H,7-9,11-12,14-18,21,24-27,32-33,37,40,42,44-45,48-49,51-56,58-59,61-65H2,1-6H3,(H-,70,72,74,75)/p+1/b13-10-,22-19-,23-20-,30-28-,31-29-,35-34-,38-36-,41-39-,46-43-,50-47-,60-57+. The summed E-state index contributed by atoms with van der Waals surface area (Å²) in [5.41, 5.74) is 0. The van der Waals surface area contributed by atoms with Gasteiger partial charge in [-0.05, 0) is 128 Å². The molecule has 0 radical (unpaired) electrons. The highest BCUT2D eigenvalue weighted by molar-refractivity contribution is 7.47. The van der Waals surface area contributed by atoms with E-state index in [4.69, 9.17) is 13.8 Å². The van der Waals surface area contributed by atoms with Crippen LogP contribution in [-0.2, 0) is 27.9 Å². The van der Waals surface area contributed by atoms with Crippen molar-refractivity contribution >= 4 is 19.7 Å². The lowest BCUT2D eigenvalue weighted by molar-refractivity contribution is -0.870. The highest BCUT2D eigenvalue weighted by Gasteiger charge is 2.30. The van der Waals surface area contributed by atoms with E-state index in [1.807, 2.05) is 33.3 Å². The second-order valence-electron chi connectivity index (χ2n) is 21.8. The van der Waals surface area contributed by atoms with Gasteiger partial charge in [0.15, 0.2) is 0 Å². The number of rotatable bonds is 55. The molecule has 0 aromatic carbocycles. The molecule has 10 heteroatoms. The number of phosphoric acid groups is 1. The molecule has 0 heterocycles. The first-order chi connectivity index (χ1) is 38.4. The molecule has 0 fully saturated rings. The van der Waals surface area contributed by atoms with Crippen molar-refractivity contribution < 1.29 is 37.3 Å². The van der Waals surface area contributed by atoms with Crippen molar-refractivity contribution in [1.29, 1.82) is 0 Å². The Balaban J connectivity index is 5.44. The lowest BCUT2D eigenvalue weighted by Crippen LogP contribution is -2.47. The van der Waals surface area contributed by atoms with Gasteiger partial charge in [-0.15, -0.1) is 0 Å². The van der Waals surface area contributed by atoms with Crippen molar-refractivity contribution in [2.24, 2.45) is 0 Å². The Kier molecular flexibility index (Phi) is 54.6. The molecule has 0 aliphatic rings. The van der Waals surface area contributed by atoms with Crippen LogP contribution in [0.5, 0.6) is 0 Å². The first kappa shape index (κ1) is 75.2. The minimum atomic E-state index is -4.48. The van der Waals surface area contributed by atoms with Crippen LogP contribution >= 0.6 is 7.82 Å². The largest absolute Gasteiger partial charge is 0.472 e. The number of carbonyl (C=O) groups is 2. The Morgan fingerprint density at radius 2 is 0.810 bits per heavy atom. The number of nitrogens with one attached hydrogen (secondary N) is 1. The quantitative estimate of drug-likeness (QED) is 0.0205. The van der Waals surface area contributed by atoms with Gasteiger partial charge in [-0.25, -0.2) is 4.57 Å². The Hall–Kier alpha value is -3.85. The highest BCUT2D eigenvalue weighted by atomic mass is 31.2. The van der Waals surface area contributed by atoms with E-state index in [2.05, 4.69) is 148 Å². The lowest BCUT2D eigenvalue weighted by atomic mass is 10.0. The molecule has 0 aliphatic heterocycles.